The van der Waals surface area contributed by atoms with Crippen molar-refractivity contribution in [3.05, 3.63) is 84.3 Å². The van der Waals surface area contributed by atoms with Gasteiger partial charge in [-0.15, -0.1) is 0 Å². The molecule has 28 heavy (non-hydrogen) atoms. The van der Waals surface area contributed by atoms with Gasteiger partial charge in [0.25, 0.3) is 5.91 Å². The summed E-state index contributed by atoms with van der Waals surface area (Å²) in [5.41, 5.74) is 5.40. The Morgan fingerprint density at radius 2 is 1.64 bits per heavy atom. The zero-order valence-corrected chi connectivity index (χ0v) is 16.9. The van der Waals surface area contributed by atoms with Crippen molar-refractivity contribution in [2.45, 2.75) is 27.2 Å². The second-order valence-electron chi connectivity index (χ2n) is 8.71. The van der Waals surface area contributed by atoms with E-state index in [1.807, 2.05) is 60.4 Å². The van der Waals surface area contributed by atoms with E-state index in [1.54, 1.807) is 4.57 Å². The Balaban J connectivity index is 1.64. The minimum atomic E-state index is -0.0145. The van der Waals surface area contributed by atoms with Crippen molar-refractivity contribution in [1.82, 2.24) is 9.13 Å². The minimum absolute atomic E-state index is 0.0145. The second kappa shape index (κ2) is 6.83. The molecule has 0 fully saturated rings. The molecule has 2 heterocycles. The zero-order chi connectivity index (χ0) is 19.9. The average molecular weight is 370 g/mol. The Morgan fingerprint density at radius 3 is 2.36 bits per heavy atom. The molecule has 4 rings (SSSR count). The molecular formula is C25H26N2O. The lowest BCUT2D eigenvalue weighted by Crippen LogP contribution is -2.14. The molecule has 0 aliphatic heterocycles. The summed E-state index contributed by atoms with van der Waals surface area (Å²) in [6.45, 7) is 6.75. The zero-order valence-electron chi connectivity index (χ0n) is 16.9. The van der Waals surface area contributed by atoms with Gasteiger partial charge in [-0.2, -0.15) is 0 Å². The Kier molecular flexibility index (Phi) is 4.46. The van der Waals surface area contributed by atoms with Gasteiger partial charge < -0.3 is 4.57 Å². The fourth-order valence-corrected chi connectivity index (χ4v) is 3.75. The van der Waals surface area contributed by atoms with Crippen molar-refractivity contribution in [2.24, 2.45) is 12.5 Å². The van der Waals surface area contributed by atoms with Gasteiger partial charge in [-0.3, -0.25) is 9.36 Å². The molecular weight excluding hydrogens is 344 g/mol. The second-order valence-corrected chi connectivity index (χ2v) is 8.71. The van der Waals surface area contributed by atoms with Crippen LogP contribution in [0.2, 0.25) is 0 Å². The molecule has 0 aliphatic rings. The van der Waals surface area contributed by atoms with Crippen molar-refractivity contribution in [3.63, 3.8) is 0 Å². The number of hydrogen-bond acceptors (Lipinski definition) is 1. The van der Waals surface area contributed by atoms with Gasteiger partial charge in [0.15, 0.2) is 0 Å². The van der Waals surface area contributed by atoms with E-state index in [0.717, 1.165) is 28.5 Å². The molecule has 0 spiro atoms. The summed E-state index contributed by atoms with van der Waals surface area (Å²) in [5, 5.41) is 1.07. The van der Waals surface area contributed by atoms with Crippen molar-refractivity contribution in [2.75, 3.05) is 0 Å². The number of carbonyl (C=O) groups is 1. The van der Waals surface area contributed by atoms with Crippen LogP contribution in [0.3, 0.4) is 0 Å². The van der Waals surface area contributed by atoms with Crippen LogP contribution in [0, 0.1) is 5.41 Å². The summed E-state index contributed by atoms with van der Waals surface area (Å²) in [6, 6.07) is 20.6. The number of benzene rings is 2. The maximum absolute atomic E-state index is 13.1. The summed E-state index contributed by atoms with van der Waals surface area (Å²) in [5.74, 6) is -0.0145. The first-order valence-electron chi connectivity index (χ1n) is 9.68. The molecule has 2 aromatic heterocycles. The Labute approximate surface area is 166 Å². The third kappa shape index (κ3) is 3.53. The largest absolute Gasteiger partial charge is 0.346 e. The van der Waals surface area contributed by atoms with E-state index < -0.39 is 0 Å². The van der Waals surface area contributed by atoms with Crippen LogP contribution in [-0.4, -0.2) is 15.0 Å². The number of carbonyl (C=O) groups excluding carboxylic acids is 1. The van der Waals surface area contributed by atoms with Crippen LogP contribution >= 0.6 is 0 Å². The monoisotopic (exact) mass is 370 g/mol. The molecule has 0 radical (unpaired) electrons. The molecule has 3 nitrogen and oxygen atoms in total. The highest BCUT2D eigenvalue weighted by Gasteiger charge is 2.17. The molecule has 0 N–H and O–H groups in total. The summed E-state index contributed by atoms with van der Waals surface area (Å²) in [4.78, 5) is 13.1. The summed E-state index contributed by atoms with van der Waals surface area (Å²) < 4.78 is 3.64. The van der Waals surface area contributed by atoms with Gasteiger partial charge >= 0.3 is 0 Å². The molecule has 3 heteroatoms. The van der Waals surface area contributed by atoms with Crippen LogP contribution in [0.5, 0.6) is 0 Å². The van der Waals surface area contributed by atoms with Crippen LogP contribution in [0.25, 0.3) is 22.0 Å². The molecule has 0 saturated carbocycles. The first kappa shape index (κ1) is 18.3. The van der Waals surface area contributed by atoms with Gasteiger partial charge in [0.05, 0.1) is 5.52 Å². The first-order chi connectivity index (χ1) is 13.3. The van der Waals surface area contributed by atoms with Crippen LogP contribution in [0.4, 0.5) is 0 Å². The SMILES string of the molecule is Cn1cc(-c2ccc(CC(C)(C)C)cc2)cc1C(=O)n1ccc2ccccc21. The highest BCUT2D eigenvalue weighted by Crippen LogP contribution is 2.26. The normalized spacial score (nSPS) is 11.9. The molecule has 0 bridgehead atoms. The van der Waals surface area contributed by atoms with E-state index in [2.05, 4.69) is 45.0 Å². The van der Waals surface area contributed by atoms with E-state index in [9.17, 15) is 4.79 Å². The van der Waals surface area contributed by atoms with Gasteiger partial charge in [-0.25, -0.2) is 0 Å². The molecule has 0 saturated heterocycles. The fourth-order valence-electron chi connectivity index (χ4n) is 3.75. The van der Waals surface area contributed by atoms with E-state index in [4.69, 9.17) is 0 Å². The number of rotatable bonds is 3. The molecule has 2 aromatic carbocycles. The van der Waals surface area contributed by atoms with E-state index in [0.29, 0.717) is 5.69 Å². The Bertz CT molecular complexity index is 1140. The van der Waals surface area contributed by atoms with Gasteiger partial charge in [-0.05, 0) is 41.2 Å². The molecule has 142 valence electrons. The van der Waals surface area contributed by atoms with Gasteiger partial charge in [0.2, 0.25) is 0 Å². The van der Waals surface area contributed by atoms with Gasteiger partial charge in [0, 0.05) is 30.4 Å². The quantitative estimate of drug-likeness (QED) is 0.439. The molecule has 0 unspecified atom stereocenters. The summed E-state index contributed by atoms with van der Waals surface area (Å²) in [7, 11) is 1.93. The highest BCUT2D eigenvalue weighted by molar-refractivity contribution is 6.02. The Hall–Kier alpha value is -3.07. The van der Waals surface area contributed by atoms with Gasteiger partial charge in [0.1, 0.15) is 5.69 Å². The van der Waals surface area contributed by atoms with Crippen LogP contribution < -0.4 is 0 Å². The lowest BCUT2D eigenvalue weighted by atomic mass is 9.88. The summed E-state index contributed by atoms with van der Waals surface area (Å²) in [6.07, 6.45) is 4.92. The minimum Gasteiger partial charge on any atom is -0.346 e. The number of para-hydroxylation sites is 1. The Morgan fingerprint density at radius 1 is 0.929 bits per heavy atom. The first-order valence-corrected chi connectivity index (χ1v) is 9.68. The third-order valence-electron chi connectivity index (χ3n) is 5.06. The topological polar surface area (TPSA) is 26.9 Å². The smallest absolute Gasteiger partial charge is 0.278 e. The highest BCUT2D eigenvalue weighted by atomic mass is 16.2. The number of fused-ring (bicyclic) bond motifs is 1. The van der Waals surface area contributed by atoms with Crippen molar-refractivity contribution in [1.29, 1.82) is 0 Å². The predicted octanol–water partition coefficient (Wildman–Crippen LogP) is 5.92. The standard InChI is InChI=1S/C25H26N2O/c1-25(2,3)16-18-9-11-19(12-10-18)21-15-23(26(4)17-21)24(28)27-14-13-20-7-5-6-8-22(20)27/h5-15,17H,16H2,1-4H3. The third-order valence-corrected chi connectivity index (χ3v) is 5.06. The van der Waals surface area contributed by atoms with E-state index in [-0.39, 0.29) is 11.3 Å². The lowest BCUT2D eigenvalue weighted by molar-refractivity contribution is 0.0957. The van der Waals surface area contributed by atoms with Crippen molar-refractivity contribution < 1.29 is 4.79 Å². The number of aromatic nitrogens is 2. The van der Waals surface area contributed by atoms with Crippen LogP contribution in [0.15, 0.2) is 73.1 Å². The maximum Gasteiger partial charge on any atom is 0.278 e. The maximum atomic E-state index is 13.1. The number of aryl methyl sites for hydroxylation is 1. The fraction of sp³-hybridized carbons (Fsp3) is 0.240. The van der Waals surface area contributed by atoms with E-state index in [1.165, 1.54) is 5.56 Å². The number of hydrogen-bond donors (Lipinski definition) is 0. The average Bonchev–Trinajstić information content (AvgIpc) is 3.24. The van der Waals surface area contributed by atoms with Crippen molar-refractivity contribution in [3.8, 4) is 11.1 Å². The number of nitrogens with zero attached hydrogens (tertiary/aromatic N) is 2. The molecule has 0 atom stereocenters. The van der Waals surface area contributed by atoms with Crippen molar-refractivity contribution >= 4 is 16.8 Å². The lowest BCUT2D eigenvalue weighted by Gasteiger charge is -2.18. The summed E-state index contributed by atoms with van der Waals surface area (Å²) >= 11 is 0. The van der Waals surface area contributed by atoms with Crippen LogP contribution in [-0.2, 0) is 13.5 Å². The predicted molar refractivity (Wildman–Crippen MR) is 116 cm³/mol. The molecule has 0 aliphatic carbocycles. The van der Waals surface area contributed by atoms with Gasteiger partial charge in [-0.1, -0.05) is 63.2 Å². The molecule has 0 amide bonds. The van der Waals surface area contributed by atoms with E-state index >= 15 is 0 Å². The molecule has 4 aromatic rings. The van der Waals surface area contributed by atoms with Crippen LogP contribution in [0.1, 0.15) is 36.8 Å².